The molecule has 0 atom stereocenters. The van der Waals surface area contributed by atoms with Gasteiger partial charge in [0.25, 0.3) is 0 Å². The molecule has 0 aliphatic rings. The van der Waals surface area contributed by atoms with E-state index in [9.17, 15) is 9.90 Å². The fraction of sp³-hybridized carbons (Fsp3) is 0.333. The second-order valence-electron chi connectivity index (χ2n) is 1.36. The summed E-state index contributed by atoms with van der Waals surface area (Å²) >= 11 is 0. The second kappa shape index (κ2) is 8.24. The minimum absolute atomic E-state index is 0. The number of nitriles is 1. The fourth-order valence-corrected chi connectivity index (χ4v) is 0.329. The van der Waals surface area contributed by atoms with Crippen LogP contribution in [0, 0.1) is 11.3 Å². The molecule has 0 spiro atoms. The Labute approximate surface area is 107 Å². The van der Waals surface area contributed by atoms with Gasteiger partial charge >= 0.3 is 57.4 Å². The van der Waals surface area contributed by atoms with Crippen LogP contribution in [0.3, 0.4) is 0 Å². The summed E-state index contributed by atoms with van der Waals surface area (Å²) in [6.45, 7) is 1.76. The molecule has 0 amide bonds. The molecule has 4 nitrogen and oxygen atoms in total. The van der Waals surface area contributed by atoms with Crippen molar-refractivity contribution in [1.82, 2.24) is 0 Å². The normalized spacial score (nSPS) is 9.27. The molecule has 0 rings (SSSR count). The van der Waals surface area contributed by atoms with Gasteiger partial charge in [-0.25, -0.2) is 4.79 Å². The first-order valence-corrected chi connectivity index (χ1v) is 2.65. The van der Waals surface area contributed by atoms with Crippen molar-refractivity contribution in [3.05, 3.63) is 11.8 Å². The third-order valence-corrected chi connectivity index (χ3v) is 0.734. The van der Waals surface area contributed by atoms with E-state index in [-0.39, 0.29) is 64.3 Å². The summed E-state index contributed by atoms with van der Waals surface area (Å²) in [5, 5.41) is 18.0. The molecule has 0 saturated carbocycles. The van der Waals surface area contributed by atoms with Crippen molar-refractivity contribution < 1.29 is 66.0 Å². The van der Waals surface area contributed by atoms with Gasteiger partial charge in [0, 0.05) is 0 Å². The van der Waals surface area contributed by atoms with Gasteiger partial charge in [0.05, 0.1) is 6.61 Å². The molecule has 0 aliphatic carbocycles. The number of carbonyl (C=O) groups excluding carboxylic acids is 1. The van der Waals surface area contributed by atoms with Crippen LogP contribution in [0.15, 0.2) is 11.8 Å². The van der Waals surface area contributed by atoms with Crippen molar-refractivity contribution in [2.24, 2.45) is 0 Å². The third kappa shape index (κ3) is 5.41. The smallest absolute Gasteiger partial charge is 0.877 e. The maximum Gasteiger partial charge on any atom is 1.00 e. The van der Waals surface area contributed by atoms with E-state index in [0.717, 1.165) is 0 Å². The summed E-state index contributed by atoms with van der Waals surface area (Å²) in [5.41, 5.74) is -0.498. The van der Waals surface area contributed by atoms with Gasteiger partial charge in [-0.05, 0) is 6.92 Å². The van der Waals surface area contributed by atoms with Gasteiger partial charge in [0.1, 0.15) is 11.6 Å². The van der Waals surface area contributed by atoms with Crippen LogP contribution in [0.2, 0.25) is 0 Å². The Morgan fingerprint density at radius 2 is 2.36 bits per heavy atom. The standard InChI is InChI=1S/C6H7NO3.K/c1-2-10-6(9)5(3-7)4-8;/h4,8H,2H2,1H3;/q;+1/p-1/b5-4+;. The largest absolute Gasteiger partial charge is 1.00 e. The Kier molecular flexibility index (Phi) is 10.3. The zero-order chi connectivity index (χ0) is 7.98. The molecular formula is C6H6KNO3. The summed E-state index contributed by atoms with van der Waals surface area (Å²) in [6, 6.07) is 1.41. The predicted octanol–water partition coefficient (Wildman–Crippen LogP) is -3.68. The van der Waals surface area contributed by atoms with Gasteiger partial charge in [-0.1, -0.05) is 0 Å². The molecule has 0 aliphatic heterocycles. The molecule has 0 fully saturated rings. The number of hydrogen-bond donors (Lipinski definition) is 0. The van der Waals surface area contributed by atoms with Crippen LogP contribution in [0.1, 0.15) is 6.92 Å². The van der Waals surface area contributed by atoms with E-state index < -0.39 is 11.5 Å². The summed E-state index contributed by atoms with van der Waals surface area (Å²) in [6.07, 6.45) is 0.179. The molecule has 5 heteroatoms. The van der Waals surface area contributed by atoms with Crippen molar-refractivity contribution in [3.8, 4) is 6.07 Å². The summed E-state index contributed by atoms with van der Waals surface area (Å²) < 4.78 is 4.36. The molecule has 0 aromatic rings. The predicted molar refractivity (Wildman–Crippen MR) is 30.3 cm³/mol. The SMILES string of the molecule is CCOC(=O)/C(C#N)=C/[O-].[K+]. The topological polar surface area (TPSA) is 73.2 Å². The van der Waals surface area contributed by atoms with Crippen molar-refractivity contribution in [3.63, 3.8) is 0 Å². The van der Waals surface area contributed by atoms with Crippen molar-refractivity contribution in [1.29, 1.82) is 5.26 Å². The first-order chi connectivity index (χ1) is 4.76. The molecule has 0 unspecified atom stereocenters. The van der Waals surface area contributed by atoms with E-state index in [2.05, 4.69) is 4.74 Å². The minimum Gasteiger partial charge on any atom is -0.877 e. The first kappa shape index (κ1) is 13.7. The van der Waals surface area contributed by atoms with E-state index in [0.29, 0.717) is 0 Å². The van der Waals surface area contributed by atoms with Gasteiger partial charge in [0.2, 0.25) is 0 Å². The molecular weight excluding hydrogens is 173 g/mol. The average Bonchev–Trinajstić information content (AvgIpc) is 1.91. The van der Waals surface area contributed by atoms with E-state index in [4.69, 9.17) is 5.26 Å². The number of hydrogen-bond acceptors (Lipinski definition) is 4. The Bertz CT molecular complexity index is 194. The van der Waals surface area contributed by atoms with Crippen LogP contribution in [0.5, 0.6) is 0 Å². The minimum atomic E-state index is -0.861. The Morgan fingerprint density at radius 3 is 2.64 bits per heavy atom. The number of rotatable bonds is 2. The van der Waals surface area contributed by atoms with Crippen molar-refractivity contribution in [2.75, 3.05) is 6.61 Å². The number of carbonyl (C=O) groups is 1. The number of esters is 1. The summed E-state index contributed by atoms with van der Waals surface area (Å²) in [7, 11) is 0. The molecule has 0 radical (unpaired) electrons. The van der Waals surface area contributed by atoms with Gasteiger partial charge in [-0.2, -0.15) is 5.26 Å². The average molecular weight is 179 g/mol. The van der Waals surface area contributed by atoms with Gasteiger partial charge in [0.15, 0.2) is 0 Å². The molecule has 11 heavy (non-hydrogen) atoms. The number of ether oxygens (including phenoxy) is 1. The Hall–Kier alpha value is 0.136. The van der Waals surface area contributed by atoms with Crippen LogP contribution >= 0.6 is 0 Å². The van der Waals surface area contributed by atoms with Crippen molar-refractivity contribution in [2.45, 2.75) is 6.92 Å². The second-order valence-corrected chi connectivity index (χ2v) is 1.36. The van der Waals surface area contributed by atoms with E-state index in [1.165, 1.54) is 6.07 Å². The fourth-order valence-electron chi connectivity index (χ4n) is 0.329. The van der Waals surface area contributed by atoms with E-state index >= 15 is 0 Å². The van der Waals surface area contributed by atoms with Crippen LogP contribution in [-0.4, -0.2) is 12.6 Å². The quantitative estimate of drug-likeness (QED) is 0.144. The maximum atomic E-state index is 10.5. The van der Waals surface area contributed by atoms with Crippen LogP contribution in [-0.2, 0) is 9.53 Å². The van der Waals surface area contributed by atoms with Gasteiger partial charge in [-0.3, -0.25) is 0 Å². The van der Waals surface area contributed by atoms with Crippen LogP contribution in [0.4, 0.5) is 0 Å². The zero-order valence-corrected chi connectivity index (χ0v) is 9.58. The summed E-state index contributed by atoms with van der Waals surface area (Å²) in [5.74, 6) is -0.861. The molecule has 0 aromatic carbocycles. The monoisotopic (exact) mass is 179 g/mol. The first-order valence-electron chi connectivity index (χ1n) is 2.65. The molecule has 0 heterocycles. The third-order valence-electron chi connectivity index (χ3n) is 0.734. The Morgan fingerprint density at radius 1 is 1.82 bits per heavy atom. The molecule has 0 saturated heterocycles. The molecule has 0 aromatic heterocycles. The summed E-state index contributed by atoms with van der Waals surface area (Å²) in [4.78, 5) is 10.5. The maximum absolute atomic E-state index is 10.5. The van der Waals surface area contributed by atoms with E-state index in [1.54, 1.807) is 6.92 Å². The van der Waals surface area contributed by atoms with Gasteiger partial charge in [-0.15, -0.1) is 6.26 Å². The van der Waals surface area contributed by atoms with Crippen molar-refractivity contribution >= 4 is 5.97 Å². The molecule has 54 valence electrons. The number of nitrogens with zero attached hydrogens (tertiary/aromatic N) is 1. The van der Waals surface area contributed by atoms with Crippen LogP contribution < -0.4 is 56.5 Å². The molecule has 0 N–H and O–H groups in total. The zero-order valence-electron chi connectivity index (χ0n) is 6.46. The van der Waals surface area contributed by atoms with Crippen LogP contribution in [0.25, 0.3) is 0 Å². The molecule has 0 bridgehead atoms. The van der Waals surface area contributed by atoms with Gasteiger partial charge < -0.3 is 9.84 Å². The Balaban J connectivity index is 0. The van der Waals surface area contributed by atoms with E-state index in [1.807, 2.05) is 0 Å².